The normalized spacial score (nSPS) is 17.8. The van der Waals surface area contributed by atoms with Gasteiger partial charge in [-0.05, 0) is 31.4 Å². The van der Waals surface area contributed by atoms with Crippen molar-refractivity contribution >= 4 is 16.8 Å². The Balaban J connectivity index is 1.43. The minimum Gasteiger partial charge on any atom is -0.394 e. The number of para-hydroxylation sites is 1. The predicted molar refractivity (Wildman–Crippen MR) is 99.8 cm³/mol. The smallest absolute Gasteiger partial charge is 0.225 e. The van der Waals surface area contributed by atoms with E-state index in [1.807, 2.05) is 37.5 Å². The average molecular weight is 352 g/mol. The number of carbonyl (C=O) groups is 1. The molecular weight excluding hydrogens is 328 g/mol. The maximum absolute atomic E-state index is 12.7. The maximum atomic E-state index is 12.7. The first-order chi connectivity index (χ1) is 12.7. The highest BCUT2D eigenvalue weighted by atomic mass is 16.3. The molecule has 0 saturated carbocycles. The molecule has 4 rings (SSSR count). The zero-order valence-electron chi connectivity index (χ0n) is 14.9. The maximum Gasteiger partial charge on any atom is 0.225 e. The predicted octanol–water partition coefficient (Wildman–Crippen LogP) is 1.96. The van der Waals surface area contributed by atoms with E-state index in [4.69, 9.17) is 0 Å². The molecule has 0 bridgehead atoms. The number of rotatable bonds is 5. The lowest BCUT2D eigenvalue weighted by Crippen LogP contribution is -2.44. The highest BCUT2D eigenvalue weighted by Crippen LogP contribution is 2.22. The summed E-state index contributed by atoms with van der Waals surface area (Å²) in [7, 11) is 0. The van der Waals surface area contributed by atoms with Crippen LogP contribution in [0.15, 0.2) is 36.7 Å². The molecule has 0 saturated heterocycles. The summed E-state index contributed by atoms with van der Waals surface area (Å²) in [4.78, 5) is 20.4. The lowest BCUT2D eigenvalue weighted by molar-refractivity contribution is -0.127. The highest BCUT2D eigenvalue weighted by Gasteiger charge is 2.27. The molecule has 0 fully saturated rings. The zero-order chi connectivity index (χ0) is 18.1. The van der Waals surface area contributed by atoms with Crippen LogP contribution >= 0.6 is 0 Å². The van der Waals surface area contributed by atoms with Crippen LogP contribution in [0.3, 0.4) is 0 Å². The van der Waals surface area contributed by atoms with Gasteiger partial charge in [0.25, 0.3) is 0 Å². The molecule has 136 valence electrons. The van der Waals surface area contributed by atoms with Gasteiger partial charge in [-0.3, -0.25) is 4.79 Å². The van der Waals surface area contributed by atoms with E-state index >= 15 is 0 Å². The van der Waals surface area contributed by atoms with Crippen LogP contribution in [0, 0.1) is 12.8 Å². The molecule has 6 heteroatoms. The molecule has 3 aromatic rings. The van der Waals surface area contributed by atoms with Crippen molar-refractivity contribution < 1.29 is 9.90 Å². The summed E-state index contributed by atoms with van der Waals surface area (Å²) in [6, 6.07) is 7.79. The summed E-state index contributed by atoms with van der Waals surface area (Å²) in [6.45, 7) is 2.61. The molecule has 0 radical (unpaired) electrons. The Kier molecular flexibility index (Phi) is 4.51. The van der Waals surface area contributed by atoms with Gasteiger partial charge in [-0.15, -0.1) is 0 Å². The van der Waals surface area contributed by atoms with Gasteiger partial charge in [-0.2, -0.15) is 0 Å². The van der Waals surface area contributed by atoms with Crippen molar-refractivity contribution in [1.29, 1.82) is 0 Å². The van der Waals surface area contributed by atoms with Crippen molar-refractivity contribution in [2.45, 2.75) is 38.8 Å². The van der Waals surface area contributed by atoms with Crippen LogP contribution < -0.4 is 5.32 Å². The summed E-state index contributed by atoms with van der Waals surface area (Å²) in [5.74, 6) is 0.999. The Morgan fingerprint density at radius 1 is 1.46 bits per heavy atom. The Labute approximate surface area is 152 Å². The van der Waals surface area contributed by atoms with E-state index in [0.29, 0.717) is 13.0 Å². The lowest BCUT2D eigenvalue weighted by Gasteiger charge is -2.26. The van der Waals surface area contributed by atoms with Crippen LogP contribution in [0.1, 0.15) is 23.5 Å². The third-order valence-electron chi connectivity index (χ3n) is 5.34. The van der Waals surface area contributed by atoms with Gasteiger partial charge >= 0.3 is 0 Å². The summed E-state index contributed by atoms with van der Waals surface area (Å²) in [5.41, 5.74) is 3.27. The average Bonchev–Trinajstić information content (AvgIpc) is 3.25. The van der Waals surface area contributed by atoms with Crippen molar-refractivity contribution in [3.05, 3.63) is 53.7 Å². The first-order valence-electron chi connectivity index (χ1n) is 9.13. The minimum absolute atomic E-state index is 0.0163. The molecule has 3 heterocycles. The van der Waals surface area contributed by atoms with Crippen molar-refractivity contribution in [2.24, 2.45) is 5.92 Å². The molecule has 0 spiro atoms. The van der Waals surface area contributed by atoms with Gasteiger partial charge < -0.3 is 20.0 Å². The van der Waals surface area contributed by atoms with Crippen LogP contribution in [0.4, 0.5) is 0 Å². The number of benzene rings is 1. The third kappa shape index (κ3) is 3.12. The second-order valence-electron chi connectivity index (χ2n) is 7.11. The largest absolute Gasteiger partial charge is 0.394 e. The number of aliphatic hydroxyl groups excluding tert-OH is 1. The number of aromatic nitrogens is 3. The fourth-order valence-corrected chi connectivity index (χ4v) is 3.83. The Hall–Kier alpha value is -2.60. The first-order valence-corrected chi connectivity index (χ1v) is 9.13. The van der Waals surface area contributed by atoms with Gasteiger partial charge in [0.15, 0.2) is 0 Å². The first kappa shape index (κ1) is 16.8. The fourth-order valence-electron chi connectivity index (χ4n) is 3.83. The van der Waals surface area contributed by atoms with Gasteiger partial charge in [-0.25, -0.2) is 4.98 Å². The van der Waals surface area contributed by atoms with Gasteiger partial charge in [0.1, 0.15) is 5.82 Å². The summed E-state index contributed by atoms with van der Waals surface area (Å²) < 4.78 is 2.13. The molecule has 6 nitrogen and oxygen atoms in total. The minimum atomic E-state index is -0.285. The highest BCUT2D eigenvalue weighted by molar-refractivity contribution is 5.83. The number of fused-ring (bicyclic) bond motifs is 2. The Morgan fingerprint density at radius 2 is 2.31 bits per heavy atom. The van der Waals surface area contributed by atoms with E-state index in [1.165, 1.54) is 0 Å². The summed E-state index contributed by atoms with van der Waals surface area (Å²) >= 11 is 0. The van der Waals surface area contributed by atoms with Crippen molar-refractivity contribution in [2.75, 3.05) is 6.61 Å². The molecule has 2 unspecified atom stereocenters. The molecule has 26 heavy (non-hydrogen) atoms. The number of aliphatic hydroxyl groups is 1. The quantitative estimate of drug-likeness (QED) is 0.656. The Morgan fingerprint density at radius 3 is 3.15 bits per heavy atom. The van der Waals surface area contributed by atoms with Crippen LogP contribution in [0.5, 0.6) is 0 Å². The Bertz CT molecular complexity index is 927. The van der Waals surface area contributed by atoms with Crippen molar-refractivity contribution in [3.63, 3.8) is 0 Å². The van der Waals surface area contributed by atoms with Gasteiger partial charge in [0.2, 0.25) is 5.91 Å². The van der Waals surface area contributed by atoms with Crippen molar-refractivity contribution in [3.8, 4) is 0 Å². The van der Waals surface area contributed by atoms with Gasteiger partial charge in [-0.1, -0.05) is 18.2 Å². The zero-order valence-corrected chi connectivity index (χ0v) is 14.9. The monoisotopic (exact) mass is 352 g/mol. The molecule has 0 aliphatic carbocycles. The molecular formula is C20H24N4O2. The SMILES string of the molecule is Cc1cnc2n1CC(C(=O)NC(CO)Cc1c[nH]c3ccccc13)CC2. The van der Waals surface area contributed by atoms with Crippen molar-refractivity contribution in [1.82, 2.24) is 19.9 Å². The number of H-pyrrole nitrogens is 1. The van der Waals surface area contributed by atoms with E-state index in [1.54, 1.807) is 0 Å². The van der Waals surface area contributed by atoms with Crippen LogP contribution in [-0.2, 0) is 24.2 Å². The second kappa shape index (κ2) is 6.96. The fraction of sp³-hybridized carbons (Fsp3) is 0.400. The number of nitrogens with one attached hydrogen (secondary N) is 2. The van der Waals surface area contributed by atoms with E-state index in [9.17, 15) is 9.90 Å². The molecule has 3 N–H and O–H groups in total. The molecule has 1 aromatic carbocycles. The summed E-state index contributed by atoms with van der Waals surface area (Å²) in [5, 5.41) is 14.0. The van der Waals surface area contributed by atoms with Crippen LogP contribution in [0.25, 0.3) is 10.9 Å². The topological polar surface area (TPSA) is 82.9 Å². The molecule has 2 atom stereocenters. The second-order valence-corrected chi connectivity index (χ2v) is 7.11. The number of amides is 1. The van der Waals surface area contributed by atoms with E-state index in [-0.39, 0.29) is 24.5 Å². The van der Waals surface area contributed by atoms with Crippen LogP contribution in [-0.4, -0.2) is 38.2 Å². The third-order valence-corrected chi connectivity index (χ3v) is 5.34. The van der Waals surface area contributed by atoms with Gasteiger partial charge in [0, 0.05) is 42.0 Å². The number of imidazole rings is 1. The summed E-state index contributed by atoms with van der Waals surface area (Å²) in [6.07, 6.45) is 6.05. The number of hydrogen-bond acceptors (Lipinski definition) is 3. The molecule has 1 aliphatic heterocycles. The van der Waals surface area contributed by atoms with E-state index in [2.05, 4.69) is 25.9 Å². The number of nitrogens with zero attached hydrogens (tertiary/aromatic N) is 2. The number of carbonyl (C=O) groups excluding carboxylic acids is 1. The van der Waals surface area contributed by atoms with Crippen LogP contribution in [0.2, 0.25) is 0 Å². The molecule has 1 aliphatic rings. The van der Waals surface area contributed by atoms with Gasteiger partial charge in [0.05, 0.1) is 18.6 Å². The van der Waals surface area contributed by atoms with E-state index in [0.717, 1.165) is 40.8 Å². The lowest BCUT2D eigenvalue weighted by atomic mass is 9.97. The van der Waals surface area contributed by atoms with E-state index < -0.39 is 0 Å². The molecule has 1 amide bonds. The molecule has 2 aromatic heterocycles. The standard InChI is InChI=1S/C20H24N4O2/c1-13-9-22-19-7-6-14(11-24(13)19)20(26)23-16(12-25)8-15-10-21-18-5-3-2-4-17(15)18/h2-5,9-10,14,16,21,25H,6-8,11-12H2,1H3,(H,23,26). The number of aromatic amines is 1. The number of hydrogen-bond donors (Lipinski definition) is 3. The number of aryl methyl sites for hydroxylation is 2.